The maximum absolute atomic E-state index is 15.0. The number of carbonyl (C=O) groups is 2. The largest absolute Gasteiger partial charge is 0.354 e. The summed E-state index contributed by atoms with van der Waals surface area (Å²) < 4.78 is 44.0. The number of rotatable bonds is 13. The number of sulfonamides is 1. The van der Waals surface area contributed by atoms with Crippen molar-refractivity contribution in [2.45, 2.75) is 37.8 Å². The van der Waals surface area contributed by atoms with Crippen molar-refractivity contribution < 1.29 is 22.4 Å². The summed E-state index contributed by atoms with van der Waals surface area (Å²) in [7, 11) is -4.33. The van der Waals surface area contributed by atoms with Crippen LogP contribution in [0.1, 0.15) is 25.0 Å². The zero-order valence-electron chi connectivity index (χ0n) is 24.9. The Labute approximate surface area is 273 Å². The summed E-state index contributed by atoms with van der Waals surface area (Å²) in [5.74, 6) is -1.61. The third kappa shape index (κ3) is 9.06. The van der Waals surface area contributed by atoms with Gasteiger partial charge in [0, 0.05) is 35.1 Å². The summed E-state index contributed by atoms with van der Waals surface area (Å²) in [6.07, 6.45) is 0.111. The number of benzene rings is 4. The van der Waals surface area contributed by atoms with Gasteiger partial charge in [-0.25, -0.2) is 12.8 Å². The number of nitrogens with one attached hydrogen (secondary N) is 1. The summed E-state index contributed by atoms with van der Waals surface area (Å²) in [4.78, 5) is 29.4. The van der Waals surface area contributed by atoms with Crippen LogP contribution in [0.2, 0.25) is 10.0 Å². The van der Waals surface area contributed by atoms with E-state index in [0.29, 0.717) is 6.54 Å². The number of nitrogens with zero attached hydrogens (tertiary/aromatic N) is 2. The molecule has 0 fully saturated rings. The van der Waals surface area contributed by atoms with Gasteiger partial charge in [-0.2, -0.15) is 0 Å². The van der Waals surface area contributed by atoms with E-state index in [1.54, 1.807) is 24.3 Å². The fourth-order valence-corrected chi connectivity index (χ4v) is 6.65. The van der Waals surface area contributed by atoms with Crippen LogP contribution in [-0.4, -0.2) is 44.3 Å². The molecule has 0 radical (unpaired) electrons. The third-order valence-electron chi connectivity index (χ3n) is 7.00. The van der Waals surface area contributed by atoms with Crippen LogP contribution >= 0.6 is 23.2 Å². The van der Waals surface area contributed by atoms with E-state index in [1.807, 2.05) is 44.2 Å². The average Bonchev–Trinajstić information content (AvgIpc) is 3.01. The van der Waals surface area contributed by atoms with Crippen molar-refractivity contribution in [2.75, 3.05) is 17.4 Å². The van der Waals surface area contributed by atoms with Crippen LogP contribution in [0, 0.1) is 11.7 Å². The predicted molar refractivity (Wildman–Crippen MR) is 176 cm³/mol. The molecular formula is C34H34Cl2FN3O4S. The zero-order chi connectivity index (χ0) is 32.6. The Morgan fingerprint density at radius 1 is 0.844 bits per heavy atom. The second kappa shape index (κ2) is 15.4. The zero-order valence-corrected chi connectivity index (χ0v) is 27.2. The minimum Gasteiger partial charge on any atom is -0.354 e. The fraction of sp³-hybridized carbons (Fsp3) is 0.235. The Bertz CT molecular complexity index is 1700. The molecule has 1 N–H and O–H groups in total. The first kappa shape index (κ1) is 34.0. The van der Waals surface area contributed by atoms with Gasteiger partial charge in [-0.15, -0.1) is 0 Å². The summed E-state index contributed by atoms with van der Waals surface area (Å²) in [6, 6.07) is 25.8. The lowest BCUT2D eigenvalue weighted by Gasteiger charge is -2.34. The van der Waals surface area contributed by atoms with Crippen molar-refractivity contribution in [1.82, 2.24) is 10.2 Å². The molecule has 0 aliphatic rings. The topological polar surface area (TPSA) is 86.8 Å². The number of hydrogen-bond acceptors (Lipinski definition) is 4. The second-order valence-corrected chi connectivity index (χ2v) is 13.6. The van der Waals surface area contributed by atoms with Gasteiger partial charge in [-0.1, -0.05) is 104 Å². The Balaban J connectivity index is 1.82. The minimum absolute atomic E-state index is 0.0550. The number of carbonyl (C=O) groups excluding carboxylic acids is 2. The molecule has 1 atom stereocenters. The summed E-state index contributed by atoms with van der Waals surface area (Å²) in [5.41, 5.74) is 0.993. The Morgan fingerprint density at radius 2 is 1.42 bits per heavy atom. The van der Waals surface area contributed by atoms with Crippen molar-refractivity contribution in [2.24, 2.45) is 5.92 Å². The maximum atomic E-state index is 15.0. The summed E-state index contributed by atoms with van der Waals surface area (Å²) in [6.45, 7) is 3.23. The van der Waals surface area contributed by atoms with Crippen molar-refractivity contribution >= 4 is 50.7 Å². The van der Waals surface area contributed by atoms with Gasteiger partial charge in [0.05, 0.1) is 10.6 Å². The van der Waals surface area contributed by atoms with Gasteiger partial charge in [0.25, 0.3) is 10.0 Å². The molecule has 0 aliphatic carbocycles. The Kier molecular flexibility index (Phi) is 11.6. The first-order valence-electron chi connectivity index (χ1n) is 14.3. The van der Waals surface area contributed by atoms with E-state index in [9.17, 15) is 18.0 Å². The number of anilines is 1. The first-order valence-corrected chi connectivity index (χ1v) is 16.5. The smallest absolute Gasteiger partial charge is 0.264 e. The van der Waals surface area contributed by atoms with Gasteiger partial charge in [0.1, 0.15) is 18.4 Å². The number of amides is 2. The molecule has 4 aromatic rings. The molecule has 0 bridgehead atoms. The van der Waals surface area contributed by atoms with Gasteiger partial charge in [0.2, 0.25) is 11.8 Å². The fourth-order valence-electron chi connectivity index (χ4n) is 4.72. The quantitative estimate of drug-likeness (QED) is 0.171. The normalized spacial score (nSPS) is 12.0. The van der Waals surface area contributed by atoms with E-state index in [1.165, 1.54) is 53.4 Å². The molecular weight excluding hydrogens is 636 g/mol. The lowest BCUT2D eigenvalue weighted by Crippen LogP contribution is -2.53. The molecule has 11 heteroatoms. The van der Waals surface area contributed by atoms with Crippen LogP contribution in [0.25, 0.3) is 0 Å². The lowest BCUT2D eigenvalue weighted by molar-refractivity contribution is -0.140. The highest BCUT2D eigenvalue weighted by molar-refractivity contribution is 7.92. The maximum Gasteiger partial charge on any atom is 0.264 e. The molecule has 45 heavy (non-hydrogen) atoms. The first-order chi connectivity index (χ1) is 21.5. The summed E-state index contributed by atoms with van der Waals surface area (Å²) >= 11 is 12.5. The summed E-state index contributed by atoms with van der Waals surface area (Å²) in [5, 5.41) is 3.23. The minimum atomic E-state index is -4.33. The SMILES string of the molecule is CC(C)CNC(=O)[C@H](Cc1ccccc1)N(Cc1ccccc1F)C(=O)CN(c1cc(Cl)cc(Cl)c1)S(=O)(=O)c1ccccc1. The standard InChI is InChI=1S/C34H34Cl2FN3O4S/c1-24(2)21-38-34(42)32(17-25-11-5-3-6-12-25)39(22-26-13-9-10-16-31(26)37)33(41)23-40(29-19-27(35)18-28(36)20-29)45(43,44)30-14-7-4-8-15-30/h3-16,18-20,24,32H,17,21-23H2,1-2H3,(H,38,42)/t32-/m0/s1. The van der Waals surface area contributed by atoms with Crippen LogP contribution in [-0.2, 0) is 32.6 Å². The van der Waals surface area contributed by atoms with Crippen molar-refractivity contribution in [3.05, 3.63) is 130 Å². The molecule has 0 saturated carbocycles. The molecule has 236 valence electrons. The molecule has 0 unspecified atom stereocenters. The molecule has 2 amide bonds. The van der Waals surface area contributed by atoms with E-state index < -0.39 is 40.2 Å². The van der Waals surface area contributed by atoms with Gasteiger partial charge in [-0.3, -0.25) is 13.9 Å². The van der Waals surface area contributed by atoms with Crippen molar-refractivity contribution in [1.29, 1.82) is 0 Å². The monoisotopic (exact) mass is 669 g/mol. The van der Waals surface area contributed by atoms with Gasteiger partial charge in [0.15, 0.2) is 0 Å². The molecule has 4 aromatic carbocycles. The Hall–Kier alpha value is -3.92. The molecule has 0 saturated heterocycles. The van der Waals surface area contributed by atoms with E-state index in [-0.39, 0.29) is 45.1 Å². The van der Waals surface area contributed by atoms with Crippen LogP contribution in [0.15, 0.2) is 108 Å². The van der Waals surface area contributed by atoms with E-state index in [0.717, 1.165) is 9.87 Å². The van der Waals surface area contributed by atoms with Crippen LogP contribution in [0.4, 0.5) is 10.1 Å². The van der Waals surface area contributed by atoms with Gasteiger partial charge in [-0.05, 0) is 47.9 Å². The van der Waals surface area contributed by atoms with Crippen molar-refractivity contribution in [3.63, 3.8) is 0 Å². The van der Waals surface area contributed by atoms with E-state index in [2.05, 4.69) is 5.32 Å². The van der Waals surface area contributed by atoms with Crippen LogP contribution < -0.4 is 9.62 Å². The number of hydrogen-bond donors (Lipinski definition) is 1. The second-order valence-electron chi connectivity index (χ2n) is 10.9. The Morgan fingerprint density at radius 3 is 2.02 bits per heavy atom. The van der Waals surface area contributed by atoms with E-state index >= 15 is 4.39 Å². The highest BCUT2D eigenvalue weighted by Crippen LogP contribution is 2.30. The van der Waals surface area contributed by atoms with Crippen LogP contribution in [0.5, 0.6) is 0 Å². The third-order valence-corrected chi connectivity index (χ3v) is 9.22. The molecule has 7 nitrogen and oxygen atoms in total. The van der Waals surface area contributed by atoms with Gasteiger partial charge >= 0.3 is 0 Å². The van der Waals surface area contributed by atoms with Gasteiger partial charge < -0.3 is 10.2 Å². The van der Waals surface area contributed by atoms with Crippen LogP contribution in [0.3, 0.4) is 0 Å². The van der Waals surface area contributed by atoms with Crippen molar-refractivity contribution in [3.8, 4) is 0 Å². The average molecular weight is 671 g/mol. The highest BCUT2D eigenvalue weighted by atomic mass is 35.5. The molecule has 0 aliphatic heterocycles. The molecule has 0 heterocycles. The molecule has 0 spiro atoms. The molecule has 4 rings (SSSR count). The molecule has 0 aromatic heterocycles. The number of halogens is 3. The predicted octanol–water partition coefficient (Wildman–Crippen LogP) is 6.74. The highest BCUT2D eigenvalue weighted by Gasteiger charge is 2.35. The lowest BCUT2D eigenvalue weighted by atomic mass is 10.0. The van der Waals surface area contributed by atoms with E-state index in [4.69, 9.17) is 23.2 Å².